The normalized spacial score (nSPS) is 12.9. The van der Waals surface area contributed by atoms with Gasteiger partial charge in [0.2, 0.25) is 0 Å². The Hall–Kier alpha value is -0.480. The molecule has 1 atom stereocenters. The van der Waals surface area contributed by atoms with Crippen molar-refractivity contribution >= 4 is 8.60 Å². The second-order valence-corrected chi connectivity index (χ2v) is 4.26. The number of hydrogen-bond acceptors (Lipinski definition) is 4. The summed E-state index contributed by atoms with van der Waals surface area (Å²) in [5, 5.41) is 0. The van der Waals surface area contributed by atoms with Gasteiger partial charge in [-0.05, 0) is 6.42 Å². The van der Waals surface area contributed by atoms with E-state index < -0.39 is 8.60 Å². The Kier molecular flexibility index (Phi) is 6.52. The fraction of sp³-hybridized carbons (Fsp3) is 0.667. The Morgan fingerprint density at radius 2 is 2.27 bits per heavy atom. The molecule has 0 spiro atoms. The average molecular weight is 232 g/mol. The van der Waals surface area contributed by atoms with E-state index in [1.807, 2.05) is 10.8 Å². The van der Waals surface area contributed by atoms with Crippen LogP contribution in [0.15, 0.2) is 18.7 Å². The van der Waals surface area contributed by atoms with Crippen molar-refractivity contribution in [2.45, 2.75) is 26.5 Å². The molecule has 6 heteroatoms. The van der Waals surface area contributed by atoms with Crippen LogP contribution in [0.25, 0.3) is 0 Å². The zero-order chi connectivity index (χ0) is 10.9. The molecule has 1 unspecified atom stereocenters. The van der Waals surface area contributed by atoms with Gasteiger partial charge in [0, 0.05) is 19.5 Å². The van der Waals surface area contributed by atoms with Crippen LogP contribution < -0.4 is 0 Å². The fourth-order valence-corrected chi connectivity index (χ4v) is 1.69. The third-order valence-electron chi connectivity index (χ3n) is 1.72. The lowest BCUT2D eigenvalue weighted by molar-refractivity contribution is 0.146. The molecular formula is C9H17N2O3P. The third-order valence-corrected chi connectivity index (χ3v) is 2.73. The standard InChI is InChI=1S/C9H17N2O3P/c1-3-4-7-13-15(12-2)14-9-11-6-5-10-8-11/h5-6,8H,3-4,7,9H2,1-2H3. The first-order chi connectivity index (χ1) is 7.36. The number of aromatic nitrogens is 2. The summed E-state index contributed by atoms with van der Waals surface area (Å²) in [5.41, 5.74) is 0. The monoisotopic (exact) mass is 232 g/mol. The molecule has 0 aliphatic carbocycles. The Bertz CT molecular complexity index is 244. The number of imidazole rings is 1. The van der Waals surface area contributed by atoms with Crippen LogP contribution in [0.4, 0.5) is 0 Å². The lowest BCUT2D eigenvalue weighted by Gasteiger charge is -2.14. The molecule has 0 amide bonds. The predicted octanol–water partition coefficient (Wildman–Crippen LogP) is 2.55. The molecule has 0 aromatic carbocycles. The highest BCUT2D eigenvalue weighted by Gasteiger charge is 2.09. The quantitative estimate of drug-likeness (QED) is 0.510. The number of nitrogens with zero attached hydrogens (tertiary/aromatic N) is 2. The Morgan fingerprint density at radius 3 is 2.87 bits per heavy atom. The zero-order valence-corrected chi connectivity index (χ0v) is 10.0. The first-order valence-corrected chi connectivity index (χ1v) is 6.02. The van der Waals surface area contributed by atoms with Gasteiger partial charge in [-0.1, -0.05) is 13.3 Å². The van der Waals surface area contributed by atoms with Gasteiger partial charge in [0.25, 0.3) is 0 Å². The SMILES string of the molecule is CCCCOP(OC)OCn1ccnc1. The molecular weight excluding hydrogens is 215 g/mol. The molecule has 15 heavy (non-hydrogen) atoms. The molecule has 86 valence electrons. The van der Waals surface area contributed by atoms with E-state index in [1.165, 1.54) is 0 Å². The third kappa shape index (κ3) is 5.23. The highest BCUT2D eigenvalue weighted by Crippen LogP contribution is 2.38. The Morgan fingerprint density at radius 1 is 1.40 bits per heavy atom. The van der Waals surface area contributed by atoms with Gasteiger partial charge in [0.05, 0.1) is 12.9 Å². The minimum atomic E-state index is -1.22. The second-order valence-electron chi connectivity index (χ2n) is 2.93. The summed E-state index contributed by atoms with van der Waals surface area (Å²) in [6, 6.07) is 0. The van der Waals surface area contributed by atoms with Crippen LogP contribution in [-0.4, -0.2) is 23.3 Å². The highest BCUT2D eigenvalue weighted by molar-refractivity contribution is 7.41. The van der Waals surface area contributed by atoms with Crippen LogP contribution in [-0.2, 0) is 20.3 Å². The molecule has 0 saturated heterocycles. The van der Waals surface area contributed by atoms with Crippen LogP contribution >= 0.6 is 8.60 Å². The summed E-state index contributed by atoms with van der Waals surface area (Å²) in [5.74, 6) is 0. The van der Waals surface area contributed by atoms with E-state index in [2.05, 4.69) is 11.9 Å². The smallest absolute Gasteiger partial charge is 0.316 e. The molecule has 0 aliphatic heterocycles. The molecule has 1 aromatic rings. The first kappa shape index (κ1) is 12.6. The Labute approximate surface area is 91.4 Å². The van der Waals surface area contributed by atoms with Crippen molar-refractivity contribution in [3.8, 4) is 0 Å². The molecule has 1 aromatic heterocycles. The molecule has 0 N–H and O–H groups in total. The summed E-state index contributed by atoms with van der Waals surface area (Å²) in [7, 11) is 0.365. The second kappa shape index (κ2) is 7.77. The highest BCUT2D eigenvalue weighted by atomic mass is 31.2. The maximum absolute atomic E-state index is 5.43. The molecule has 0 saturated carbocycles. The van der Waals surface area contributed by atoms with Crippen molar-refractivity contribution < 1.29 is 13.6 Å². The van der Waals surface area contributed by atoms with E-state index in [0.717, 1.165) is 12.8 Å². The lowest BCUT2D eigenvalue weighted by atomic mass is 10.4. The minimum absolute atomic E-state index is 0.408. The molecule has 1 heterocycles. The maximum atomic E-state index is 5.43. The van der Waals surface area contributed by atoms with Crippen molar-refractivity contribution in [1.29, 1.82) is 0 Å². The number of rotatable bonds is 8. The largest absolute Gasteiger partial charge is 0.334 e. The van der Waals surface area contributed by atoms with Crippen molar-refractivity contribution in [3.63, 3.8) is 0 Å². The van der Waals surface area contributed by atoms with Crippen molar-refractivity contribution in [2.75, 3.05) is 13.7 Å². The van der Waals surface area contributed by atoms with E-state index in [1.54, 1.807) is 19.6 Å². The van der Waals surface area contributed by atoms with Crippen molar-refractivity contribution in [1.82, 2.24) is 9.55 Å². The predicted molar refractivity (Wildman–Crippen MR) is 58.1 cm³/mol. The van der Waals surface area contributed by atoms with Crippen molar-refractivity contribution in [3.05, 3.63) is 18.7 Å². The van der Waals surface area contributed by atoms with Crippen LogP contribution in [0.3, 0.4) is 0 Å². The van der Waals surface area contributed by atoms with Gasteiger partial charge in [-0.2, -0.15) is 0 Å². The molecule has 1 rings (SSSR count). The first-order valence-electron chi connectivity index (χ1n) is 4.92. The van der Waals surface area contributed by atoms with Crippen LogP contribution in [0.2, 0.25) is 0 Å². The molecule has 0 radical (unpaired) electrons. The summed E-state index contributed by atoms with van der Waals surface area (Å²) in [4.78, 5) is 3.91. The van der Waals surface area contributed by atoms with Gasteiger partial charge in [0.15, 0.2) is 0 Å². The lowest BCUT2D eigenvalue weighted by Crippen LogP contribution is -2.00. The van der Waals surface area contributed by atoms with Crippen LogP contribution in [0.5, 0.6) is 0 Å². The van der Waals surface area contributed by atoms with E-state index >= 15 is 0 Å². The van der Waals surface area contributed by atoms with Gasteiger partial charge in [-0.15, -0.1) is 0 Å². The summed E-state index contributed by atoms with van der Waals surface area (Å²) in [6.07, 6.45) is 7.35. The van der Waals surface area contributed by atoms with Gasteiger partial charge in [-0.3, -0.25) is 4.52 Å². The number of hydrogen-bond donors (Lipinski definition) is 0. The van der Waals surface area contributed by atoms with Gasteiger partial charge in [0.1, 0.15) is 6.73 Å². The molecule has 5 nitrogen and oxygen atoms in total. The van der Waals surface area contributed by atoms with Gasteiger partial charge < -0.3 is 13.6 Å². The van der Waals surface area contributed by atoms with E-state index in [9.17, 15) is 0 Å². The molecule has 0 bridgehead atoms. The number of unbranched alkanes of at least 4 members (excludes halogenated alkanes) is 1. The average Bonchev–Trinajstić information content (AvgIpc) is 2.76. The van der Waals surface area contributed by atoms with Gasteiger partial charge >= 0.3 is 8.60 Å². The maximum Gasteiger partial charge on any atom is 0.334 e. The molecule has 0 aliphatic rings. The van der Waals surface area contributed by atoms with E-state index in [0.29, 0.717) is 13.3 Å². The fourth-order valence-electron chi connectivity index (χ4n) is 0.903. The summed E-state index contributed by atoms with van der Waals surface area (Å²) < 4.78 is 17.7. The van der Waals surface area contributed by atoms with Crippen LogP contribution in [0, 0.1) is 0 Å². The van der Waals surface area contributed by atoms with E-state index in [4.69, 9.17) is 13.6 Å². The van der Waals surface area contributed by atoms with Crippen molar-refractivity contribution in [2.24, 2.45) is 0 Å². The zero-order valence-electron chi connectivity index (χ0n) is 9.13. The van der Waals surface area contributed by atoms with Gasteiger partial charge in [-0.25, -0.2) is 4.98 Å². The Balaban J connectivity index is 2.16. The topological polar surface area (TPSA) is 45.5 Å². The minimum Gasteiger partial charge on any atom is -0.316 e. The summed E-state index contributed by atoms with van der Waals surface area (Å²) in [6.45, 7) is 3.20. The van der Waals surface area contributed by atoms with E-state index in [-0.39, 0.29) is 0 Å². The summed E-state index contributed by atoms with van der Waals surface area (Å²) >= 11 is 0. The molecule has 0 fully saturated rings. The van der Waals surface area contributed by atoms with Crippen LogP contribution in [0.1, 0.15) is 19.8 Å².